The van der Waals surface area contributed by atoms with Crippen LogP contribution in [-0.2, 0) is 20.7 Å². The molecule has 0 unspecified atom stereocenters. The lowest BCUT2D eigenvalue weighted by molar-refractivity contribution is -0.154. The summed E-state index contributed by atoms with van der Waals surface area (Å²) in [4.78, 5) is 28.6. The van der Waals surface area contributed by atoms with Crippen LogP contribution in [0.3, 0.4) is 0 Å². The Balaban J connectivity index is 1.37. The number of hydrogen-bond acceptors (Lipinski definition) is 5. The van der Waals surface area contributed by atoms with E-state index in [0.717, 1.165) is 34.5 Å². The Morgan fingerprint density at radius 2 is 2.11 bits per heavy atom. The second-order valence-corrected chi connectivity index (χ2v) is 7.97. The number of thiazole rings is 1. The summed E-state index contributed by atoms with van der Waals surface area (Å²) in [6.07, 6.45) is 7.92. The number of rotatable bonds is 8. The maximum absolute atomic E-state index is 12.1. The fraction of sp³-hybridized carbons (Fsp3) is 0.476. The number of carbonyl (C=O) groups excluding carboxylic acids is 2. The van der Waals surface area contributed by atoms with Gasteiger partial charge in [-0.25, -0.2) is 4.98 Å². The summed E-state index contributed by atoms with van der Waals surface area (Å²) in [5.41, 5.74) is 2.37. The Hall–Kier alpha value is -2.21. The number of nitrogens with one attached hydrogen (secondary N) is 1. The summed E-state index contributed by atoms with van der Waals surface area (Å²) in [5, 5.41) is 3.77. The predicted octanol–water partition coefficient (Wildman–Crippen LogP) is 4.17. The van der Waals surface area contributed by atoms with Gasteiger partial charge >= 0.3 is 5.97 Å². The molecule has 1 amide bonds. The van der Waals surface area contributed by atoms with E-state index in [1.54, 1.807) is 18.3 Å². The van der Waals surface area contributed by atoms with Gasteiger partial charge in [-0.3, -0.25) is 9.59 Å². The van der Waals surface area contributed by atoms with Gasteiger partial charge in [0.15, 0.2) is 6.10 Å². The van der Waals surface area contributed by atoms with Crippen LogP contribution in [0, 0.1) is 0 Å². The second kappa shape index (κ2) is 9.65. The summed E-state index contributed by atoms with van der Waals surface area (Å²) >= 11 is 1.59. The normalized spacial score (nSPS) is 15.2. The van der Waals surface area contributed by atoms with Crippen molar-refractivity contribution in [3.05, 3.63) is 40.9 Å². The highest BCUT2D eigenvalue weighted by Crippen LogP contribution is 2.22. The van der Waals surface area contributed by atoms with Gasteiger partial charge in [-0.05, 0) is 51.2 Å². The van der Waals surface area contributed by atoms with Crippen LogP contribution in [0.15, 0.2) is 35.9 Å². The number of amides is 1. The van der Waals surface area contributed by atoms with Crippen molar-refractivity contribution in [2.45, 2.75) is 58.0 Å². The third-order valence-corrected chi connectivity index (χ3v) is 5.79. The van der Waals surface area contributed by atoms with E-state index in [2.05, 4.69) is 16.4 Å². The quantitative estimate of drug-likeness (QED) is 0.546. The molecule has 0 spiro atoms. The lowest BCUT2D eigenvalue weighted by Crippen LogP contribution is -2.36. The number of benzene rings is 1. The number of aryl methyl sites for hydroxylation is 1. The van der Waals surface area contributed by atoms with Gasteiger partial charge in [0.2, 0.25) is 0 Å². The summed E-state index contributed by atoms with van der Waals surface area (Å²) in [6.45, 7) is 2.21. The molecule has 1 atom stereocenters. The highest BCUT2D eigenvalue weighted by molar-refractivity contribution is 7.18. The zero-order valence-electron chi connectivity index (χ0n) is 15.7. The molecule has 5 nitrogen and oxygen atoms in total. The minimum Gasteiger partial charge on any atom is -0.453 e. The van der Waals surface area contributed by atoms with Crippen LogP contribution in [-0.4, -0.2) is 29.5 Å². The molecule has 2 aromatic rings. The van der Waals surface area contributed by atoms with Gasteiger partial charge in [0.25, 0.3) is 5.91 Å². The molecule has 1 aromatic heterocycles. The largest absolute Gasteiger partial charge is 0.453 e. The third kappa shape index (κ3) is 5.89. The van der Waals surface area contributed by atoms with Gasteiger partial charge in [0.1, 0.15) is 0 Å². The summed E-state index contributed by atoms with van der Waals surface area (Å²) in [7, 11) is 0. The SMILES string of the molecule is C[C@@H](OC(=O)CCc1nc2ccccc2s1)C(=O)NCCC1=CCCCC1. The van der Waals surface area contributed by atoms with Gasteiger partial charge in [-0.2, -0.15) is 0 Å². The van der Waals surface area contributed by atoms with Crippen molar-refractivity contribution >= 4 is 33.4 Å². The fourth-order valence-corrected chi connectivity index (χ4v) is 4.13. The first kappa shape index (κ1) is 19.5. The number of carbonyl (C=O) groups is 2. The highest BCUT2D eigenvalue weighted by atomic mass is 32.1. The molecular weight excluding hydrogens is 360 g/mol. The van der Waals surface area contributed by atoms with Crippen molar-refractivity contribution in [1.29, 1.82) is 0 Å². The monoisotopic (exact) mass is 386 g/mol. The molecule has 0 radical (unpaired) electrons. The maximum atomic E-state index is 12.1. The molecule has 144 valence electrons. The number of para-hydroxylation sites is 1. The van der Waals surface area contributed by atoms with Crippen molar-refractivity contribution < 1.29 is 14.3 Å². The number of ether oxygens (including phenoxy) is 1. The van der Waals surface area contributed by atoms with E-state index in [0.29, 0.717) is 13.0 Å². The minimum absolute atomic E-state index is 0.227. The van der Waals surface area contributed by atoms with Crippen LogP contribution < -0.4 is 5.32 Å². The van der Waals surface area contributed by atoms with E-state index in [1.807, 2.05) is 24.3 Å². The Kier molecular flexibility index (Phi) is 6.98. The summed E-state index contributed by atoms with van der Waals surface area (Å²) < 4.78 is 6.37. The number of aromatic nitrogens is 1. The summed E-state index contributed by atoms with van der Waals surface area (Å²) in [5.74, 6) is -0.605. The molecule has 1 aliphatic carbocycles. The number of esters is 1. The van der Waals surface area contributed by atoms with Crippen LogP contribution in [0.2, 0.25) is 0 Å². The van der Waals surface area contributed by atoms with Crippen molar-refractivity contribution in [3.63, 3.8) is 0 Å². The van der Waals surface area contributed by atoms with Gasteiger partial charge in [0, 0.05) is 13.0 Å². The van der Waals surface area contributed by atoms with Crippen LogP contribution in [0.5, 0.6) is 0 Å². The topological polar surface area (TPSA) is 68.3 Å². The molecule has 1 aromatic carbocycles. The van der Waals surface area contributed by atoms with Crippen molar-refractivity contribution in [1.82, 2.24) is 10.3 Å². The smallest absolute Gasteiger partial charge is 0.306 e. The minimum atomic E-state index is -0.770. The number of nitrogens with zero attached hydrogens (tertiary/aromatic N) is 1. The lowest BCUT2D eigenvalue weighted by atomic mass is 9.97. The number of allylic oxidation sites excluding steroid dienone is 1. The molecular formula is C21H26N2O3S. The van der Waals surface area contributed by atoms with Crippen LogP contribution in [0.25, 0.3) is 10.2 Å². The zero-order chi connectivity index (χ0) is 19.1. The molecule has 1 heterocycles. The lowest BCUT2D eigenvalue weighted by Gasteiger charge is -2.15. The molecule has 6 heteroatoms. The molecule has 1 aliphatic rings. The first-order valence-corrected chi connectivity index (χ1v) is 10.4. The number of fused-ring (bicyclic) bond motifs is 1. The number of hydrogen-bond donors (Lipinski definition) is 1. The van der Waals surface area contributed by atoms with Crippen LogP contribution in [0.1, 0.15) is 50.5 Å². The highest BCUT2D eigenvalue weighted by Gasteiger charge is 2.18. The summed E-state index contributed by atoms with van der Waals surface area (Å²) in [6, 6.07) is 7.91. The van der Waals surface area contributed by atoms with Crippen molar-refractivity contribution in [2.75, 3.05) is 6.54 Å². The Morgan fingerprint density at radius 1 is 1.26 bits per heavy atom. The van der Waals surface area contributed by atoms with E-state index in [4.69, 9.17) is 4.74 Å². The van der Waals surface area contributed by atoms with E-state index in [1.165, 1.54) is 18.4 Å². The molecule has 0 saturated carbocycles. The zero-order valence-corrected chi connectivity index (χ0v) is 16.5. The molecule has 0 bridgehead atoms. The molecule has 27 heavy (non-hydrogen) atoms. The van der Waals surface area contributed by atoms with Gasteiger partial charge in [0.05, 0.1) is 21.6 Å². The third-order valence-electron chi connectivity index (χ3n) is 4.69. The molecule has 0 fully saturated rings. The molecule has 1 N–H and O–H groups in total. The van der Waals surface area contributed by atoms with Crippen LogP contribution in [0.4, 0.5) is 0 Å². The average molecular weight is 387 g/mol. The predicted molar refractivity (Wildman–Crippen MR) is 108 cm³/mol. The molecule has 0 aliphatic heterocycles. The van der Waals surface area contributed by atoms with Crippen molar-refractivity contribution in [2.24, 2.45) is 0 Å². The Labute approximate surface area is 163 Å². The van der Waals surface area contributed by atoms with E-state index in [-0.39, 0.29) is 18.3 Å². The van der Waals surface area contributed by atoms with Crippen molar-refractivity contribution in [3.8, 4) is 0 Å². The first-order valence-electron chi connectivity index (χ1n) is 9.61. The van der Waals surface area contributed by atoms with E-state index in [9.17, 15) is 9.59 Å². The van der Waals surface area contributed by atoms with Gasteiger partial charge in [-0.1, -0.05) is 23.8 Å². The van der Waals surface area contributed by atoms with Gasteiger partial charge in [-0.15, -0.1) is 11.3 Å². The van der Waals surface area contributed by atoms with Crippen LogP contribution >= 0.6 is 11.3 Å². The van der Waals surface area contributed by atoms with Gasteiger partial charge < -0.3 is 10.1 Å². The molecule has 3 rings (SSSR count). The van der Waals surface area contributed by atoms with E-state index < -0.39 is 6.10 Å². The Bertz CT molecular complexity index is 795. The first-order chi connectivity index (χ1) is 13.1. The Morgan fingerprint density at radius 3 is 2.89 bits per heavy atom. The van der Waals surface area contributed by atoms with E-state index >= 15 is 0 Å². The average Bonchev–Trinajstić information content (AvgIpc) is 3.10. The standard InChI is InChI=1S/C21H26N2O3S/c1-15(21(25)22-14-13-16-7-3-2-4-8-16)26-20(24)12-11-19-23-17-9-5-6-10-18(17)27-19/h5-7,9-10,15H,2-4,8,11-14H2,1H3,(H,22,25)/t15-/m1/s1. The molecule has 0 saturated heterocycles. The fourth-order valence-electron chi connectivity index (χ4n) is 3.17. The maximum Gasteiger partial charge on any atom is 0.306 e. The second-order valence-electron chi connectivity index (χ2n) is 6.86.